The lowest BCUT2D eigenvalue weighted by Gasteiger charge is -2.33. The molecule has 24 heavy (non-hydrogen) atoms. The van der Waals surface area contributed by atoms with Gasteiger partial charge in [0.2, 0.25) is 12.3 Å². The van der Waals surface area contributed by atoms with Crippen LogP contribution in [0.15, 0.2) is 24.3 Å². The number of carbonyl (C=O) groups excluding carboxylic acids is 3. The molecule has 2 heterocycles. The highest BCUT2D eigenvalue weighted by Gasteiger charge is 2.33. The Bertz CT molecular complexity index is 646. The molecule has 2 aliphatic rings. The van der Waals surface area contributed by atoms with Crippen LogP contribution in [0, 0.1) is 5.82 Å². The van der Waals surface area contributed by atoms with Crippen LogP contribution in [-0.4, -0.2) is 66.9 Å². The molecule has 128 valence electrons. The molecule has 1 N–H and O–H groups in total. The van der Waals surface area contributed by atoms with Crippen LogP contribution in [0.5, 0.6) is 0 Å². The summed E-state index contributed by atoms with van der Waals surface area (Å²) in [6, 6.07) is 5.31. The van der Waals surface area contributed by atoms with Gasteiger partial charge in [0.15, 0.2) is 0 Å². The van der Waals surface area contributed by atoms with Crippen LogP contribution < -0.4 is 10.2 Å². The summed E-state index contributed by atoms with van der Waals surface area (Å²) in [5.41, 5.74) is 0.497. The smallest absolute Gasteiger partial charge is 0.317 e. The standard InChI is InChI=1S/C16H19FN4O3/c17-12-2-1-3-14(8-12)21-10-13(9-15(21)23)18-16(24)20-6-4-19(11-22)5-7-20/h1-3,8,11,13H,4-7,9-10H2,(H,18,24)/t13-/m0/s1. The van der Waals surface area contributed by atoms with Crippen LogP contribution in [0.2, 0.25) is 0 Å². The van der Waals surface area contributed by atoms with E-state index in [1.54, 1.807) is 21.9 Å². The number of urea groups is 1. The van der Waals surface area contributed by atoms with E-state index in [1.807, 2.05) is 0 Å². The minimum atomic E-state index is -0.402. The lowest BCUT2D eigenvalue weighted by Crippen LogP contribution is -2.53. The van der Waals surface area contributed by atoms with Crippen molar-refractivity contribution in [1.29, 1.82) is 0 Å². The van der Waals surface area contributed by atoms with E-state index < -0.39 is 5.82 Å². The first-order valence-corrected chi connectivity index (χ1v) is 7.87. The lowest BCUT2D eigenvalue weighted by molar-refractivity contribution is -0.119. The van der Waals surface area contributed by atoms with Gasteiger partial charge in [-0.3, -0.25) is 9.59 Å². The van der Waals surface area contributed by atoms with Crippen molar-refractivity contribution in [2.45, 2.75) is 12.5 Å². The second-order valence-electron chi connectivity index (χ2n) is 5.96. The topological polar surface area (TPSA) is 73.0 Å². The molecule has 7 nitrogen and oxygen atoms in total. The van der Waals surface area contributed by atoms with Crippen molar-refractivity contribution in [3.05, 3.63) is 30.1 Å². The van der Waals surface area contributed by atoms with Crippen molar-refractivity contribution in [2.75, 3.05) is 37.6 Å². The number of carbonyl (C=O) groups is 3. The molecule has 4 amide bonds. The Balaban J connectivity index is 1.56. The second-order valence-corrected chi connectivity index (χ2v) is 5.96. The maximum Gasteiger partial charge on any atom is 0.317 e. The molecule has 1 aromatic rings. The number of rotatable bonds is 3. The van der Waals surface area contributed by atoms with Crippen LogP contribution in [0.3, 0.4) is 0 Å². The van der Waals surface area contributed by atoms with Crippen LogP contribution in [-0.2, 0) is 9.59 Å². The van der Waals surface area contributed by atoms with Gasteiger partial charge in [0.25, 0.3) is 0 Å². The number of hydrogen-bond donors (Lipinski definition) is 1. The average Bonchev–Trinajstić information content (AvgIpc) is 2.95. The van der Waals surface area contributed by atoms with Gasteiger partial charge in [0, 0.05) is 44.8 Å². The second kappa shape index (κ2) is 6.86. The van der Waals surface area contributed by atoms with Crippen LogP contribution >= 0.6 is 0 Å². The summed E-state index contributed by atoms with van der Waals surface area (Å²) < 4.78 is 13.3. The molecule has 0 aromatic heterocycles. The Labute approximate surface area is 139 Å². The highest BCUT2D eigenvalue weighted by atomic mass is 19.1. The van der Waals surface area contributed by atoms with Gasteiger partial charge in [-0.05, 0) is 18.2 Å². The fourth-order valence-corrected chi connectivity index (χ4v) is 2.99. The van der Waals surface area contributed by atoms with Gasteiger partial charge >= 0.3 is 6.03 Å². The molecule has 2 saturated heterocycles. The molecule has 0 bridgehead atoms. The summed E-state index contributed by atoms with van der Waals surface area (Å²) in [5, 5.41) is 2.85. The maximum absolute atomic E-state index is 13.3. The van der Waals surface area contributed by atoms with Gasteiger partial charge < -0.3 is 20.0 Å². The van der Waals surface area contributed by atoms with E-state index >= 15 is 0 Å². The van der Waals surface area contributed by atoms with Crippen molar-refractivity contribution in [1.82, 2.24) is 15.1 Å². The Morgan fingerprint density at radius 1 is 1.25 bits per heavy atom. The number of piperazine rings is 1. The molecule has 2 fully saturated rings. The fourth-order valence-electron chi connectivity index (χ4n) is 2.99. The Kier molecular flexibility index (Phi) is 4.64. The molecular weight excluding hydrogens is 315 g/mol. The first-order valence-electron chi connectivity index (χ1n) is 7.87. The monoisotopic (exact) mass is 334 g/mol. The molecule has 3 rings (SSSR count). The third-order valence-corrected chi connectivity index (χ3v) is 4.32. The molecule has 0 radical (unpaired) electrons. The SMILES string of the molecule is O=CN1CCN(C(=O)N[C@H]2CC(=O)N(c3cccc(F)c3)C2)CC1. The third kappa shape index (κ3) is 3.47. The van der Waals surface area contributed by atoms with E-state index in [9.17, 15) is 18.8 Å². The first-order chi connectivity index (χ1) is 11.6. The zero-order valence-electron chi connectivity index (χ0n) is 13.2. The summed E-state index contributed by atoms with van der Waals surface area (Å²) in [7, 11) is 0. The van der Waals surface area contributed by atoms with E-state index in [2.05, 4.69) is 5.32 Å². The van der Waals surface area contributed by atoms with E-state index in [1.165, 1.54) is 17.0 Å². The summed E-state index contributed by atoms with van der Waals surface area (Å²) in [4.78, 5) is 39.8. The largest absolute Gasteiger partial charge is 0.342 e. The predicted octanol–water partition coefficient (Wildman–Crippen LogP) is 0.415. The summed E-state index contributed by atoms with van der Waals surface area (Å²) in [6.07, 6.45) is 0.971. The number of nitrogens with one attached hydrogen (secondary N) is 1. The normalized spacial score (nSPS) is 21.1. The fraction of sp³-hybridized carbons (Fsp3) is 0.438. The van der Waals surface area contributed by atoms with E-state index in [4.69, 9.17) is 0 Å². The number of benzene rings is 1. The number of anilines is 1. The van der Waals surface area contributed by atoms with Crippen molar-refractivity contribution in [3.8, 4) is 0 Å². The van der Waals surface area contributed by atoms with Crippen molar-refractivity contribution in [3.63, 3.8) is 0 Å². The van der Waals surface area contributed by atoms with Gasteiger partial charge in [-0.2, -0.15) is 0 Å². The van der Waals surface area contributed by atoms with Crippen LogP contribution in [0.1, 0.15) is 6.42 Å². The number of nitrogens with zero attached hydrogens (tertiary/aromatic N) is 3. The van der Waals surface area contributed by atoms with Crippen molar-refractivity contribution < 1.29 is 18.8 Å². The van der Waals surface area contributed by atoms with Crippen molar-refractivity contribution >= 4 is 24.0 Å². The third-order valence-electron chi connectivity index (χ3n) is 4.32. The van der Waals surface area contributed by atoms with Gasteiger partial charge in [0.05, 0.1) is 6.04 Å². The van der Waals surface area contributed by atoms with Gasteiger partial charge in [-0.15, -0.1) is 0 Å². The summed E-state index contributed by atoms with van der Waals surface area (Å²) >= 11 is 0. The van der Waals surface area contributed by atoms with Gasteiger partial charge in [-0.1, -0.05) is 6.07 Å². The minimum Gasteiger partial charge on any atom is -0.342 e. The molecule has 0 saturated carbocycles. The molecular formula is C16H19FN4O3. The summed E-state index contributed by atoms with van der Waals surface area (Å²) in [6.45, 7) is 2.28. The number of halogens is 1. The molecule has 2 aliphatic heterocycles. The molecule has 0 unspecified atom stereocenters. The Morgan fingerprint density at radius 2 is 2.00 bits per heavy atom. The van der Waals surface area contributed by atoms with E-state index in [0.29, 0.717) is 38.4 Å². The zero-order valence-corrected chi connectivity index (χ0v) is 13.2. The first kappa shape index (κ1) is 16.2. The van der Waals surface area contributed by atoms with Gasteiger partial charge in [0.1, 0.15) is 5.82 Å². The number of hydrogen-bond acceptors (Lipinski definition) is 3. The van der Waals surface area contributed by atoms with Crippen LogP contribution in [0.25, 0.3) is 0 Å². The zero-order chi connectivity index (χ0) is 17.1. The van der Waals surface area contributed by atoms with E-state index in [-0.39, 0.29) is 24.4 Å². The summed E-state index contributed by atoms with van der Waals surface area (Å²) in [5.74, 6) is -0.544. The minimum absolute atomic E-state index is 0.142. The highest BCUT2D eigenvalue weighted by Crippen LogP contribution is 2.22. The molecule has 1 aromatic carbocycles. The highest BCUT2D eigenvalue weighted by molar-refractivity contribution is 5.96. The Morgan fingerprint density at radius 3 is 2.67 bits per heavy atom. The average molecular weight is 334 g/mol. The quantitative estimate of drug-likeness (QED) is 0.814. The molecule has 1 atom stereocenters. The van der Waals surface area contributed by atoms with Crippen LogP contribution in [0.4, 0.5) is 14.9 Å². The van der Waals surface area contributed by atoms with E-state index in [0.717, 1.165) is 6.41 Å². The number of amides is 4. The lowest BCUT2D eigenvalue weighted by atomic mass is 10.2. The van der Waals surface area contributed by atoms with Crippen molar-refractivity contribution in [2.24, 2.45) is 0 Å². The molecule has 0 aliphatic carbocycles. The Hall–Kier alpha value is -2.64. The molecule has 0 spiro atoms. The van der Waals surface area contributed by atoms with Gasteiger partial charge in [-0.25, -0.2) is 9.18 Å². The molecule has 8 heteroatoms. The predicted molar refractivity (Wildman–Crippen MR) is 84.9 cm³/mol. The maximum atomic E-state index is 13.3.